The minimum atomic E-state index is 0.231. The molecule has 1 aliphatic heterocycles. The standard InChI is InChI=1S/C12H25N3O/c1-13-12(10-16)9-15-6-4-14(5-7-15)8-11-2-3-11/h11-13,16H,2-10H2,1H3. The first kappa shape index (κ1) is 12.3. The molecule has 0 bridgehead atoms. The van der Waals surface area contributed by atoms with Crippen LogP contribution in [-0.4, -0.2) is 73.9 Å². The largest absolute Gasteiger partial charge is 0.395 e. The Bertz CT molecular complexity index is 196. The van der Waals surface area contributed by atoms with Gasteiger partial charge in [0.05, 0.1) is 6.61 Å². The fraction of sp³-hybridized carbons (Fsp3) is 1.00. The van der Waals surface area contributed by atoms with Crippen molar-refractivity contribution in [3.05, 3.63) is 0 Å². The zero-order valence-electron chi connectivity index (χ0n) is 10.4. The first-order valence-electron chi connectivity index (χ1n) is 6.54. The van der Waals surface area contributed by atoms with Crippen LogP contribution in [0.15, 0.2) is 0 Å². The number of nitrogens with one attached hydrogen (secondary N) is 1. The molecule has 4 nitrogen and oxygen atoms in total. The summed E-state index contributed by atoms with van der Waals surface area (Å²) in [5, 5.41) is 12.3. The van der Waals surface area contributed by atoms with Crippen molar-refractivity contribution in [3.8, 4) is 0 Å². The number of aliphatic hydroxyl groups is 1. The van der Waals surface area contributed by atoms with Gasteiger partial charge >= 0.3 is 0 Å². The van der Waals surface area contributed by atoms with Crippen LogP contribution in [0, 0.1) is 5.92 Å². The highest BCUT2D eigenvalue weighted by atomic mass is 16.3. The van der Waals surface area contributed by atoms with Crippen molar-refractivity contribution in [3.63, 3.8) is 0 Å². The molecule has 0 radical (unpaired) electrons. The predicted molar refractivity (Wildman–Crippen MR) is 65.5 cm³/mol. The van der Waals surface area contributed by atoms with Gasteiger partial charge in [0, 0.05) is 45.3 Å². The number of hydrogen-bond donors (Lipinski definition) is 2. The topological polar surface area (TPSA) is 38.7 Å². The van der Waals surface area contributed by atoms with Crippen molar-refractivity contribution < 1.29 is 5.11 Å². The average Bonchev–Trinajstić information content (AvgIpc) is 3.12. The highest BCUT2D eigenvalue weighted by molar-refractivity contribution is 4.81. The Morgan fingerprint density at radius 2 is 1.81 bits per heavy atom. The van der Waals surface area contributed by atoms with E-state index in [1.165, 1.54) is 32.5 Å². The third-order valence-electron chi connectivity index (χ3n) is 3.79. The fourth-order valence-electron chi connectivity index (χ4n) is 2.37. The molecule has 0 aromatic rings. The lowest BCUT2D eigenvalue weighted by molar-refractivity contribution is 0.109. The molecule has 0 spiro atoms. The summed E-state index contributed by atoms with van der Waals surface area (Å²) in [5.41, 5.74) is 0. The van der Waals surface area contributed by atoms with E-state index in [0.29, 0.717) is 0 Å². The highest BCUT2D eigenvalue weighted by Gasteiger charge is 2.26. The molecule has 2 N–H and O–H groups in total. The zero-order chi connectivity index (χ0) is 11.4. The SMILES string of the molecule is CNC(CO)CN1CCN(CC2CC2)CC1. The second-order valence-electron chi connectivity index (χ2n) is 5.21. The van der Waals surface area contributed by atoms with Gasteiger partial charge in [0.2, 0.25) is 0 Å². The highest BCUT2D eigenvalue weighted by Crippen LogP contribution is 2.29. The van der Waals surface area contributed by atoms with Gasteiger partial charge in [-0.1, -0.05) is 0 Å². The van der Waals surface area contributed by atoms with E-state index >= 15 is 0 Å². The monoisotopic (exact) mass is 227 g/mol. The molecule has 16 heavy (non-hydrogen) atoms. The Balaban J connectivity index is 1.63. The first-order chi connectivity index (χ1) is 7.81. The maximum atomic E-state index is 9.14. The maximum Gasteiger partial charge on any atom is 0.0597 e. The molecule has 2 aliphatic rings. The van der Waals surface area contributed by atoms with Crippen molar-refractivity contribution in [1.29, 1.82) is 0 Å². The molecule has 1 heterocycles. The normalized spacial score (nSPS) is 25.9. The minimum Gasteiger partial charge on any atom is -0.395 e. The van der Waals surface area contributed by atoms with Gasteiger partial charge in [0.1, 0.15) is 0 Å². The molecule has 1 aliphatic carbocycles. The molecule has 2 fully saturated rings. The van der Waals surface area contributed by atoms with Gasteiger partial charge in [-0.2, -0.15) is 0 Å². The van der Waals surface area contributed by atoms with E-state index < -0.39 is 0 Å². The molecule has 0 aromatic carbocycles. The molecule has 4 heteroatoms. The second-order valence-corrected chi connectivity index (χ2v) is 5.21. The summed E-state index contributed by atoms with van der Waals surface area (Å²) < 4.78 is 0. The van der Waals surface area contributed by atoms with Crippen molar-refractivity contribution in [2.24, 2.45) is 5.92 Å². The van der Waals surface area contributed by atoms with E-state index in [-0.39, 0.29) is 12.6 Å². The van der Waals surface area contributed by atoms with Crippen LogP contribution in [0.4, 0.5) is 0 Å². The summed E-state index contributed by atoms with van der Waals surface area (Å²) in [7, 11) is 1.92. The van der Waals surface area contributed by atoms with Gasteiger partial charge in [-0.15, -0.1) is 0 Å². The van der Waals surface area contributed by atoms with E-state index in [0.717, 1.165) is 25.6 Å². The molecule has 94 valence electrons. The third kappa shape index (κ3) is 3.70. The van der Waals surface area contributed by atoms with Crippen LogP contribution in [0.2, 0.25) is 0 Å². The van der Waals surface area contributed by atoms with Crippen LogP contribution in [-0.2, 0) is 0 Å². The number of likely N-dealkylation sites (N-methyl/N-ethyl adjacent to an activating group) is 1. The second kappa shape index (κ2) is 5.96. The molecular weight excluding hydrogens is 202 g/mol. The summed E-state index contributed by atoms with van der Waals surface area (Å²) >= 11 is 0. The van der Waals surface area contributed by atoms with Crippen LogP contribution in [0.1, 0.15) is 12.8 Å². The van der Waals surface area contributed by atoms with Crippen LogP contribution in [0.3, 0.4) is 0 Å². The van der Waals surface area contributed by atoms with Crippen LogP contribution in [0.25, 0.3) is 0 Å². The van der Waals surface area contributed by atoms with Crippen molar-refractivity contribution in [2.75, 3.05) is 52.9 Å². The van der Waals surface area contributed by atoms with E-state index in [9.17, 15) is 0 Å². The van der Waals surface area contributed by atoms with Gasteiger partial charge in [-0.05, 0) is 25.8 Å². The Kier molecular flexibility index (Phi) is 4.58. The van der Waals surface area contributed by atoms with Crippen molar-refractivity contribution >= 4 is 0 Å². The molecule has 1 saturated heterocycles. The average molecular weight is 227 g/mol. The van der Waals surface area contributed by atoms with E-state index in [1.807, 2.05) is 7.05 Å². The number of piperazine rings is 1. The lowest BCUT2D eigenvalue weighted by Gasteiger charge is -2.36. The van der Waals surface area contributed by atoms with Gasteiger partial charge < -0.3 is 15.3 Å². The van der Waals surface area contributed by atoms with Gasteiger partial charge in [0.25, 0.3) is 0 Å². The molecule has 1 unspecified atom stereocenters. The molecule has 1 saturated carbocycles. The Hall–Kier alpha value is -0.160. The number of aliphatic hydroxyl groups excluding tert-OH is 1. The lowest BCUT2D eigenvalue weighted by Crippen LogP contribution is -2.51. The van der Waals surface area contributed by atoms with E-state index in [4.69, 9.17) is 5.11 Å². The van der Waals surface area contributed by atoms with Gasteiger partial charge in [-0.3, -0.25) is 4.90 Å². The van der Waals surface area contributed by atoms with Crippen LogP contribution >= 0.6 is 0 Å². The summed E-state index contributed by atoms with van der Waals surface area (Å²) in [6.45, 7) is 7.26. The van der Waals surface area contributed by atoms with E-state index in [2.05, 4.69) is 15.1 Å². The minimum absolute atomic E-state index is 0.231. The maximum absolute atomic E-state index is 9.14. The zero-order valence-corrected chi connectivity index (χ0v) is 10.4. The molecular formula is C12H25N3O. The lowest BCUT2D eigenvalue weighted by atomic mass is 10.2. The molecule has 1 atom stereocenters. The van der Waals surface area contributed by atoms with Crippen molar-refractivity contribution in [1.82, 2.24) is 15.1 Å². The number of nitrogens with zero attached hydrogens (tertiary/aromatic N) is 2. The fourth-order valence-corrected chi connectivity index (χ4v) is 2.37. The molecule has 0 aromatic heterocycles. The quantitative estimate of drug-likeness (QED) is 0.647. The predicted octanol–water partition coefficient (Wildman–Crippen LogP) is -0.406. The smallest absolute Gasteiger partial charge is 0.0597 e. The summed E-state index contributed by atoms with van der Waals surface area (Å²) in [6, 6.07) is 0.231. The van der Waals surface area contributed by atoms with Gasteiger partial charge in [-0.25, -0.2) is 0 Å². The number of hydrogen-bond acceptors (Lipinski definition) is 4. The Morgan fingerprint density at radius 1 is 1.19 bits per heavy atom. The molecule has 0 amide bonds. The summed E-state index contributed by atoms with van der Waals surface area (Å²) in [6.07, 6.45) is 2.90. The van der Waals surface area contributed by atoms with Gasteiger partial charge in [0.15, 0.2) is 0 Å². The summed E-state index contributed by atoms with van der Waals surface area (Å²) in [5.74, 6) is 1.01. The molecule has 2 rings (SSSR count). The van der Waals surface area contributed by atoms with Crippen molar-refractivity contribution in [2.45, 2.75) is 18.9 Å². The van der Waals surface area contributed by atoms with E-state index in [1.54, 1.807) is 0 Å². The Labute approximate surface area is 98.6 Å². The first-order valence-corrected chi connectivity index (χ1v) is 6.54. The third-order valence-corrected chi connectivity index (χ3v) is 3.79. The Morgan fingerprint density at radius 3 is 2.31 bits per heavy atom. The van der Waals surface area contributed by atoms with Crippen LogP contribution < -0.4 is 5.32 Å². The number of rotatable bonds is 6. The summed E-state index contributed by atoms with van der Waals surface area (Å²) in [4.78, 5) is 5.06. The van der Waals surface area contributed by atoms with Crippen LogP contribution in [0.5, 0.6) is 0 Å².